The minimum Gasteiger partial charge on any atom is -0.508 e. The molecule has 2 nitrogen and oxygen atoms in total. The second kappa shape index (κ2) is 2.95. The Hall–Kier alpha value is -1.75. The number of rotatable bonds is 0. The summed E-state index contributed by atoms with van der Waals surface area (Å²) in [5, 5.41) is 18.2. The molecule has 0 fully saturated rings. The first-order chi connectivity index (χ1) is 6.31. The van der Waals surface area contributed by atoms with E-state index in [0.717, 1.165) is 29.5 Å². The minimum absolute atomic E-state index is 0.339. The van der Waals surface area contributed by atoms with Crippen LogP contribution >= 0.6 is 0 Å². The highest BCUT2D eigenvalue weighted by Gasteiger charge is 2.12. The van der Waals surface area contributed by atoms with E-state index in [1.807, 2.05) is 12.1 Å². The summed E-state index contributed by atoms with van der Waals surface area (Å²) in [6.45, 7) is 0. The lowest BCUT2D eigenvalue weighted by atomic mass is 9.92. The number of allylic oxidation sites excluding steroid dienone is 1. The predicted molar refractivity (Wildman–Crippen MR) is 50.0 cm³/mol. The number of fused-ring (bicyclic) bond motifs is 1. The van der Waals surface area contributed by atoms with Gasteiger partial charge in [-0.2, -0.15) is 5.26 Å². The lowest BCUT2D eigenvalue weighted by molar-refractivity contribution is 0.467. The monoisotopic (exact) mass is 171 g/mol. The van der Waals surface area contributed by atoms with E-state index in [4.69, 9.17) is 5.26 Å². The molecule has 1 aromatic carbocycles. The third kappa shape index (κ3) is 1.29. The normalized spacial score (nSPS) is 14.2. The summed E-state index contributed by atoms with van der Waals surface area (Å²) in [6, 6.07) is 7.55. The number of hydrogen-bond donors (Lipinski definition) is 1. The van der Waals surface area contributed by atoms with Gasteiger partial charge in [0.05, 0.1) is 6.07 Å². The molecule has 64 valence electrons. The van der Waals surface area contributed by atoms with Crippen molar-refractivity contribution in [2.75, 3.05) is 0 Å². The van der Waals surface area contributed by atoms with E-state index in [9.17, 15) is 5.11 Å². The number of nitriles is 1. The van der Waals surface area contributed by atoms with Crippen molar-refractivity contribution in [3.05, 3.63) is 34.9 Å². The predicted octanol–water partition coefficient (Wildman–Crippen LogP) is 2.25. The summed E-state index contributed by atoms with van der Waals surface area (Å²) >= 11 is 0. The highest BCUT2D eigenvalue weighted by atomic mass is 16.3. The van der Waals surface area contributed by atoms with Crippen molar-refractivity contribution in [2.45, 2.75) is 12.8 Å². The number of phenols is 1. The van der Waals surface area contributed by atoms with Crippen molar-refractivity contribution >= 4 is 6.08 Å². The molecular weight excluding hydrogens is 162 g/mol. The van der Waals surface area contributed by atoms with Gasteiger partial charge in [0.15, 0.2) is 0 Å². The van der Waals surface area contributed by atoms with Crippen molar-refractivity contribution in [3.63, 3.8) is 0 Å². The maximum absolute atomic E-state index is 9.50. The fourth-order valence-electron chi connectivity index (χ4n) is 1.61. The lowest BCUT2D eigenvalue weighted by Gasteiger charge is -2.13. The average Bonchev–Trinajstić information content (AvgIpc) is 2.18. The molecule has 0 spiro atoms. The Labute approximate surface area is 76.7 Å². The van der Waals surface area contributed by atoms with Crippen LogP contribution in [0, 0.1) is 11.3 Å². The molecule has 0 heterocycles. The molecule has 0 atom stereocenters. The van der Waals surface area contributed by atoms with Crippen molar-refractivity contribution in [1.29, 1.82) is 5.26 Å². The Bertz CT molecular complexity index is 413. The molecule has 1 aromatic rings. The summed E-state index contributed by atoms with van der Waals surface area (Å²) in [6.07, 6.45) is 3.35. The summed E-state index contributed by atoms with van der Waals surface area (Å²) < 4.78 is 0. The summed E-state index contributed by atoms with van der Waals surface area (Å²) in [4.78, 5) is 0. The molecule has 0 saturated heterocycles. The number of benzene rings is 1. The Kier molecular flexibility index (Phi) is 1.79. The first-order valence-corrected chi connectivity index (χ1v) is 4.23. The Morgan fingerprint density at radius 2 is 2.15 bits per heavy atom. The molecule has 0 unspecified atom stereocenters. The molecule has 0 aliphatic heterocycles. The molecule has 1 aliphatic carbocycles. The van der Waals surface area contributed by atoms with Crippen LogP contribution in [-0.2, 0) is 6.42 Å². The van der Waals surface area contributed by atoms with Gasteiger partial charge < -0.3 is 5.11 Å². The first kappa shape index (κ1) is 7.88. The van der Waals surface area contributed by atoms with E-state index in [-0.39, 0.29) is 0 Å². The number of hydrogen-bond acceptors (Lipinski definition) is 2. The summed E-state index contributed by atoms with van der Waals surface area (Å²) in [5.74, 6) is 0.339. The molecule has 13 heavy (non-hydrogen) atoms. The van der Waals surface area contributed by atoms with E-state index in [1.165, 1.54) is 0 Å². The van der Waals surface area contributed by atoms with Gasteiger partial charge >= 0.3 is 0 Å². The van der Waals surface area contributed by atoms with Crippen LogP contribution in [-0.4, -0.2) is 5.11 Å². The van der Waals surface area contributed by atoms with Gasteiger partial charge in [0.25, 0.3) is 0 Å². The van der Waals surface area contributed by atoms with Crippen LogP contribution in [0.25, 0.3) is 6.08 Å². The van der Waals surface area contributed by atoms with Gasteiger partial charge in [-0.3, -0.25) is 0 Å². The van der Waals surface area contributed by atoms with Gasteiger partial charge in [-0.1, -0.05) is 12.1 Å². The largest absolute Gasteiger partial charge is 0.508 e. The Morgan fingerprint density at radius 3 is 2.92 bits per heavy atom. The minimum atomic E-state index is 0.339. The Balaban J connectivity index is 2.55. The molecular formula is C11H9NO. The second-order valence-corrected chi connectivity index (χ2v) is 3.13. The van der Waals surface area contributed by atoms with Crippen molar-refractivity contribution < 1.29 is 5.11 Å². The molecule has 0 amide bonds. The smallest absolute Gasteiger partial charge is 0.119 e. The summed E-state index contributed by atoms with van der Waals surface area (Å²) in [7, 11) is 0. The lowest BCUT2D eigenvalue weighted by Crippen LogP contribution is -1.98. The zero-order valence-electron chi connectivity index (χ0n) is 7.12. The highest BCUT2D eigenvalue weighted by molar-refractivity contribution is 5.65. The van der Waals surface area contributed by atoms with Crippen LogP contribution in [0.2, 0.25) is 0 Å². The molecule has 2 rings (SSSR count). The van der Waals surface area contributed by atoms with Gasteiger partial charge in [-0.25, -0.2) is 0 Å². The van der Waals surface area contributed by atoms with E-state index >= 15 is 0 Å². The van der Waals surface area contributed by atoms with Crippen LogP contribution in [0.5, 0.6) is 5.75 Å². The molecule has 0 bridgehead atoms. The number of phenolic OH excluding ortho intramolecular Hbond substituents is 1. The maximum Gasteiger partial charge on any atom is 0.119 e. The zero-order chi connectivity index (χ0) is 9.26. The molecule has 2 heteroatoms. The maximum atomic E-state index is 9.50. The fourth-order valence-corrected chi connectivity index (χ4v) is 1.61. The van der Waals surface area contributed by atoms with Gasteiger partial charge in [0.1, 0.15) is 5.75 Å². The van der Waals surface area contributed by atoms with Gasteiger partial charge in [-0.05, 0) is 30.5 Å². The van der Waals surface area contributed by atoms with Crippen LogP contribution in [0.4, 0.5) is 0 Å². The van der Waals surface area contributed by atoms with Crippen LogP contribution in [0.15, 0.2) is 23.8 Å². The quantitative estimate of drug-likeness (QED) is 0.650. The average molecular weight is 171 g/mol. The van der Waals surface area contributed by atoms with Gasteiger partial charge in [0, 0.05) is 11.1 Å². The molecule has 0 saturated carbocycles. The van der Waals surface area contributed by atoms with E-state index in [2.05, 4.69) is 6.07 Å². The molecule has 0 radical (unpaired) electrons. The third-order valence-corrected chi connectivity index (χ3v) is 2.31. The second-order valence-electron chi connectivity index (χ2n) is 3.13. The van der Waals surface area contributed by atoms with Crippen molar-refractivity contribution in [1.82, 2.24) is 0 Å². The van der Waals surface area contributed by atoms with Crippen LogP contribution in [0.1, 0.15) is 17.5 Å². The topological polar surface area (TPSA) is 44.0 Å². The van der Waals surface area contributed by atoms with E-state index in [0.29, 0.717) is 5.75 Å². The molecule has 1 aliphatic rings. The highest BCUT2D eigenvalue weighted by Crippen LogP contribution is 2.29. The van der Waals surface area contributed by atoms with Gasteiger partial charge in [0.2, 0.25) is 0 Å². The SMILES string of the molecule is N#CC1=Cc2cccc(O)c2CC1. The summed E-state index contributed by atoms with van der Waals surface area (Å²) in [5.41, 5.74) is 2.72. The van der Waals surface area contributed by atoms with Crippen LogP contribution < -0.4 is 0 Å². The third-order valence-electron chi connectivity index (χ3n) is 2.31. The fraction of sp³-hybridized carbons (Fsp3) is 0.182. The standard InChI is InChI=1S/C11H9NO/c12-7-8-4-5-10-9(6-8)2-1-3-11(10)13/h1-3,6,13H,4-5H2. The first-order valence-electron chi connectivity index (χ1n) is 4.23. The van der Waals surface area contributed by atoms with Crippen molar-refractivity contribution in [3.8, 4) is 11.8 Å². The van der Waals surface area contributed by atoms with E-state index in [1.54, 1.807) is 12.1 Å². The Morgan fingerprint density at radius 1 is 1.31 bits per heavy atom. The number of nitrogens with zero attached hydrogens (tertiary/aromatic N) is 1. The molecule has 0 aromatic heterocycles. The van der Waals surface area contributed by atoms with E-state index < -0.39 is 0 Å². The van der Waals surface area contributed by atoms with Crippen molar-refractivity contribution in [2.24, 2.45) is 0 Å². The zero-order valence-corrected chi connectivity index (χ0v) is 7.12. The van der Waals surface area contributed by atoms with Crippen LogP contribution in [0.3, 0.4) is 0 Å². The number of aromatic hydroxyl groups is 1. The van der Waals surface area contributed by atoms with Gasteiger partial charge in [-0.15, -0.1) is 0 Å². The molecule has 1 N–H and O–H groups in total.